The molecule has 0 aliphatic rings. The first-order valence-electron chi connectivity index (χ1n) is 2.72. The predicted molar refractivity (Wildman–Crippen MR) is 40.1 cm³/mol. The molecule has 0 saturated heterocycles. The topological polar surface area (TPSA) is 30.0 Å². The van der Waals surface area contributed by atoms with Gasteiger partial charge >= 0.3 is 0 Å². The minimum absolute atomic E-state index is 0. The summed E-state index contributed by atoms with van der Waals surface area (Å²) >= 11 is 0. The molecule has 1 heterocycles. The van der Waals surface area contributed by atoms with Crippen LogP contribution in [0.5, 0.6) is 0 Å². The van der Waals surface area contributed by atoms with Gasteiger partial charge in [-0.1, -0.05) is 6.07 Å². The van der Waals surface area contributed by atoms with Crippen molar-refractivity contribution in [2.45, 2.75) is 6.92 Å². The molecule has 1 aromatic rings. The average Bonchev–Trinajstić information content (AvgIpc) is 1.88. The smallest absolute Gasteiger partial charge is 0.168 e. The van der Waals surface area contributed by atoms with E-state index in [0.29, 0.717) is 5.69 Å². The Morgan fingerprint density at radius 2 is 2.20 bits per heavy atom. The number of pyridine rings is 1. The largest absolute Gasteiger partial charge is 0.296 e. The number of hydrogen-bond donors (Lipinski definition) is 0. The molecule has 0 unspecified atom stereocenters. The second-order valence-electron chi connectivity index (χ2n) is 1.82. The van der Waals surface area contributed by atoms with E-state index in [2.05, 4.69) is 4.98 Å². The van der Waals surface area contributed by atoms with Gasteiger partial charge in [0.2, 0.25) is 0 Å². The zero-order valence-electron chi connectivity index (χ0n) is 5.66. The number of carbonyl (C=O) groups is 1. The monoisotopic (exact) mass is 329 g/mol. The Hall–Kier alpha value is -0.258. The van der Waals surface area contributed by atoms with Gasteiger partial charge in [0, 0.05) is 33.0 Å². The van der Waals surface area contributed by atoms with Gasteiger partial charge in [-0.2, -0.15) is 0 Å². The number of rotatable bonds is 1. The average molecular weight is 328 g/mol. The third-order valence-corrected chi connectivity index (χ3v) is 1.03. The Labute approximate surface area is 79.8 Å². The third-order valence-electron chi connectivity index (χ3n) is 1.03. The minimum atomic E-state index is 0. The Bertz CT molecular complexity index is 225. The van der Waals surface area contributed by atoms with Gasteiger partial charge in [-0.3, -0.25) is 9.78 Å². The van der Waals surface area contributed by atoms with Gasteiger partial charge < -0.3 is 0 Å². The standard InChI is InChI=1S/C7H7NO.Pb/c1-6-3-2-4-7(5-9)8-6;/h2-5H,1H3;. The molecule has 0 N–H and O–H groups in total. The van der Waals surface area contributed by atoms with Crippen LogP contribution < -0.4 is 0 Å². The molecule has 0 saturated carbocycles. The van der Waals surface area contributed by atoms with E-state index in [-0.39, 0.29) is 27.3 Å². The molecule has 0 fully saturated rings. The van der Waals surface area contributed by atoms with Crippen LogP contribution in [-0.2, 0) is 0 Å². The van der Waals surface area contributed by atoms with Crippen LogP contribution in [0.25, 0.3) is 0 Å². The van der Waals surface area contributed by atoms with Gasteiger partial charge in [-0.15, -0.1) is 0 Å². The first-order chi connectivity index (χ1) is 4.33. The fraction of sp³-hybridized carbons (Fsp3) is 0.143. The van der Waals surface area contributed by atoms with Crippen molar-refractivity contribution in [2.24, 2.45) is 0 Å². The van der Waals surface area contributed by atoms with E-state index in [1.807, 2.05) is 19.1 Å². The van der Waals surface area contributed by atoms with E-state index < -0.39 is 0 Å². The quantitative estimate of drug-likeness (QED) is 0.564. The molecule has 50 valence electrons. The first kappa shape index (κ1) is 9.74. The van der Waals surface area contributed by atoms with Crippen molar-refractivity contribution in [3.63, 3.8) is 0 Å². The second kappa shape index (κ2) is 4.54. The number of aromatic nitrogens is 1. The zero-order valence-corrected chi connectivity index (χ0v) is 9.55. The van der Waals surface area contributed by atoms with Gasteiger partial charge in [0.1, 0.15) is 5.69 Å². The number of carbonyl (C=O) groups excluding carboxylic acids is 1. The van der Waals surface area contributed by atoms with Crippen molar-refractivity contribution in [1.29, 1.82) is 0 Å². The van der Waals surface area contributed by atoms with Crippen molar-refractivity contribution in [3.8, 4) is 0 Å². The molecule has 3 heteroatoms. The Kier molecular flexibility index (Phi) is 4.42. The van der Waals surface area contributed by atoms with Crippen molar-refractivity contribution < 1.29 is 4.79 Å². The summed E-state index contributed by atoms with van der Waals surface area (Å²) in [4.78, 5) is 14.0. The Balaban J connectivity index is 0.000000810. The maximum Gasteiger partial charge on any atom is 0.168 e. The fourth-order valence-electron chi connectivity index (χ4n) is 0.630. The van der Waals surface area contributed by atoms with E-state index in [0.717, 1.165) is 12.0 Å². The molecule has 0 atom stereocenters. The van der Waals surface area contributed by atoms with Gasteiger partial charge in [-0.05, 0) is 19.1 Å². The molecule has 0 bridgehead atoms. The summed E-state index contributed by atoms with van der Waals surface area (Å²) in [6.07, 6.45) is 0.743. The number of aryl methyl sites for hydroxylation is 1. The minimum Gasteiger partial charge on any atom is -0.296 e. The van der Waals surface area contributed by atoms with Crippen LogP contribution in [0.4, 0.5) is 0 Å². The van der Waals surface area contributed by atoms with E-state index in [4.69, 9.17) is 0 Å². The predicted octanol–water partition coefficient (Wildman–Crippen LogP) is 0.822. The summed E-state index contributed by atoms with van der Waals surface area (Å²) in [7, 11) is 0. The maximum absolute atomic E-state index is 10.1. The van der Waals surface area contributed by atoms with E-state index >= 15 is 0 Å². The molecule has 0 aliphatic carbocycles. The van der Waals surface area contributed by atoms with Crippen molar-refractivity contribution in [3.05, 3.63) is 29.6 Å². The molecule has 1 aromatic heterocycles. The van der Waals surface area contributed by atoms with Crippen LogP contribution in [0.15, 0.2) is 18.2 Å². The van der Waals surface area contributed by atoms with Gasteiger partial charge in [0.15, 0.2) is 6.29 Å². The van der Waals surface area contributed by atoms with E-state index in [1.165, 1.54) is 0 Å². The van der Waals surface area contributed by atoms with Crippen LogP contribution in [0.2, 0.25) is 0 Å². The second-order valence-corrected chi connectivity index (χ2v) is 1.82. The maximum atomic E-state index is 10.1. The molecule has 2 nitrogen and oxygen atoms in total. The molecule has 10 heavy (non-hydrogen) atoms. The third kappa shape index (κ3) is 2.55. The molecule has 0 aromatic carbocycles. The van der Waals surface area contributed by atoms with Crippen LogP contribution in [0.3, 0.4) is 0 Å². The molecule has 1 rings (SSSR count). The summed E-state index contributed by atoms with van der Waals surface area (Å²) in [5.74, 6) is 0. The van der Waals surface area contributed by atoms with Crippen LogP contribution >= 0.6 is 0 Å². The molecular formula is C7H7NOPb. The SMILES string of the molecule is Cc1cccc(C=O)n1.[Pb]. The molecular weight excluding hydrogens is 321 g/mol. The molecule has 0 amide bonds. The fourth-order valence-corrected chi connectivity index (χ4v) is 0.630. The Morgan fingerprint density at radius 1 is 1.50 bits per heavy atom. The summed E-state index contributed by atoms with van der Waals surface area (Å²) in [6, 6.07) is 5.35. The van der Waals surface area contributed by atoms with Crippen molar-refractivity contribution >= 4 is 33.6 Å². The van der Waals surface area contributed by atoms with Gasteiger partial charge in [-0.25, -0.2) is 0 Å². The van der Waals surface area contributed by atoms with E-state index in [1.54, 1.807) is 6.07 Å². The van der Waals surface area contributed by atoms with Crippen LogP contribution in [-0.4, -0.2) is 38.6 Å². The summed E-state index contributed by atoms with van der Waals surface area (Å²) < 4.78 is 0. The van der Waals surface area contributed by atoms with Crippen LogP contribution in [0.1, 0.15) is 16.2 Å². The number of aldehydes is 1. The van der Waals surface area contributed by atoms with Crippen molar-refractivity contribution in [1.82, 2.24) is 4.98 Å². The first-order valence-corrected chi connectivity index (χ1v) is 2.72. The zero-order chi connectivity index (χ0) is 6.69. The summed E-state index contributed by atoms with van der Waals surface area (Å²) in [5.41, 5.74) is 1.37. The van der Waals surface area contributed by atoms with Gasteiger partial charge in [0.25, 0.3) is 0 Å². The molecule has 0 spiro atoms. The van der Waals surface area contributed by atoms with Crippen molar-refractivity contribution in [2.75, 3.05) is 0 Å². The molecule has 0 aliphatic heterocycles. The van der Waals surface area contributed by atoms with Gasteiger partial charge in [0.05, 0.1) is 0 Å². The molecule has 4 radical (unpaired) electrons. The number of nitrogens with zero attached hydrogens (tertiary/aromatic N) is 1. The normalized spacial score (nSPS) is 8.10. The Morgan fingerprint density at radius 3 is 2.60 bits per heavy atom. The van der Waals surface area contributed by atoms with E-state index in [9.17, 15) is 4.79 Å². The summed E-state index contributed by atoms with van der Waals surface area (Å²) in [5, 5.41) is 0. The summed E-state index contributed by atoms with van der Waals surface area (Å²) in [6.45, 7) is 1.85. The number of hydrogen-bond acceptors (Lipinski definition) is 2. The van der Waals surface area contributed by atoms with Crippen LogP contribution in [0, 0.1) is 6.92 Å².